The van der Waals surface area contributed by atoms with Crippen LogP contribution < -0.4 is 15.0 Å². The van der Waals surface area contributed by atoms with Gasteiger partial charge in [0.2, 0.25) is 6.41 Å². The number of benzene rings is 2. The van der Waals surface area contributed by atoms with Gasteiger partial charge in [-0.2, -0.15) is 0 Å². The van der Waals surface area contributed by atoms with E-state index < -0.39 is 0 Å². The molecule has 236 valence electrons. The number of pyridine rings is 1. The molecule has 11 nitrogen and oxygen atoms in total. The molecule has 6 rings (SSSR count). The van der Waals surface area contributed by atoms with E-state index in [0.29, 0.717) is 23.6 Å². The number of fused-ring (bicyclic) bond motifs is 2. The molecule has 3 aromatic heterocycles. The lowest BCUT2D eigenvalue weighted by Gasteiger charge is -2.38. The number of allylic oxidation sites excluding steroid dienone is 2. The number of nitrogens with one attached hydrogen (secondary N) is 1. The number of amides is 1. The fourth-order valence-electron chi connectivity index (χ4n) is 4.81. The summed E-state index contributed by atoms with van der Waals surface area (Å²) in [6, 6.07) is 15.7. The highest BCUT2D eigenvalue weighted by molar-refractivity contribution is 5.88. The second-order valence-corrected chi connectivity index (χ2v) is 10.2. The van der Waals surface area contributed by atoms with E-state index >= 15 is 0 Å². The van der Waals surface area contributed by atoms with Gasteiger partial charge < -0.3 is 19.9 Å². The van der Waals surface area contributed by atoms with Gasteiger partial charge in [0.05, 0.1) is 11.0 Å². The van der Waals surface area contributed by atoms with Gasteiger partial charge in [0.1, 0.15) is 41.4 Å². The average molecular weight is 614 g/mol. The Morgan fingerprint density at radius 2 is 1.89 bits per heavy atom. The van der Waals surface area contributed by atoms with E-state index in [4.69, 9.17) is 9.72 Å². The Labute approximate surface area is 262 Å². The smallest absolute Gasteiger partial charge is 0.210 e. The number of rotatable bonds is 7. The molecule has 0 radical (unpaired) electrons. The fourth-order valence-corrected chi connectivity index (χ4v) is 4.81. The highest BCUT2D eigenvalue weighted by Gasteiger charge is 2.23. The lowest BCUT2D eigenvalue weighted by atomic mass is 10.2. The molecule has 4 heterocycles. The maximum atomic E-state index is 11.2. The third kappa shape index (κ3) is 7.88. The van der Waals surface area contributed by atoms with E-state index in [-0.39, 0.29) is 12.7 Å². The van der Waals surface area contributed by atoms with Gasteiger partial charge >= 0.3 is 0 Å². The normalized spacial score (nSPS) is 14.5. The third-order valence-electron chi connectivity index (χ3n) is 7.18. The first-order chi connectivity index (χ1) is 21.9. The SMILES string of the molecule is C/C=C/CF.CC.Cc1cc(Nc2ncnc3ccc(N4CCN(C=O)[C@H](C)C4)nc23)ccc1Oc1ccc2c(c1)nnn2C. The molecule has 2 aromatic carbocycles. The molecule has 1 atom stereocenters. The van der Waals surface area contributed by atoms with Crippen LogP contribution in [-0.2, 0) is 11.8 Å². The molecule has 12 heteroatoms. The number of anilines is 3. The molecular weight excluding hydrogens is 573 g/mol. The van der Waals surface area contributed by atoms with Crippen molar-refractivity contribution in [3.8, 4) is 11.5 Å². The molecule has 0 spiro atoms. The zero-order chi connectivity index (χ0) is 32.3. The average Bonchev–Trinajstić information content (AvgIpc) is 3.43. The van der Waals surface area contributed by atoms with Crippen molar-refractivity contribution >= 4 is 45.8 Å². The molecule has 1 aliphatic heterocycles. The predicted molar refractivity (Wildman–Crippen MR) is 177 cm³/mol. The first-order valence-corrected chi connectivity index (χ1v) is 15.0. The molecule has 5 aromatic rings. The van der Waals surface area contributed by atoms with Crippen molar-refractivity contribution in [1.82, 2.24) is 34.8 Å². The second kappa shape index (κ2) is 15.6. The molecule has 1 aliphatic rings. The summed E-state index contributed by atoms with van der Waals surface area (Å²) in [6.07, 6.45) is 5.59. The number of alkyl halides is 1. The van der Waals surface area contributed by atoms with Crippen molar-refractivity contribution in [3.63, 3.8) is 0 Å². The molecular formula is C33H40FN9O2. The van der Waals surface area contributed by atoms with Crippen LogP contribution in [0.1, 0.15) is 33.3 Å². The summed E-state index contributed by atoms with van der Waals surface area (Å²) < 4.78 is 18.8. The molecule has 0 aliphatic carbocycles. The molecule has 45 heavy (non-hydrogen) atoms. The van der Waals surface area contributed by atoms with Crippen LogP contribution in [0.25, 0.3) is 22.1 Å². The van der Waals surface area contributed by atoms with Gasteiger partial charge in [0.15, 0.2) is 5.82 Å². The van der Waals surface area contributed by atoms with Crippen LogP contribution in [0.5, 0.6) is 11.5 Å². The summed E-state index contributed by atoms with van der Waals surface area (Å²) in [6.45, 7) is 11.6. The van der Waals surface area contributed by atoms with Gasteiger partial charge in [-0.25, -0.2) is 24.0 Å². The number of halogens is 1. The number of piperazine rings is 1. The van der Waals surface area contributed by atoms with Crippen molar-refractivity contribution in [2.24, 2.45) is 7.05 Å². The molecule has 1 amide bonds. The fraction of sp³-hybridized carbons (Fsp3) is 0.333. The highest BCUT2D eigenvalue weighted by Crippen LogP contribution is 2.31. The van der Waals surface area contributed by atoms with Crippen molar-refractivity contribution in [3.05, 3.63) is 72.6 Å². The Kier molecular flexibility index (Phi) is 11.3. The van der Waals surface area contributed by atoms with E-state index in [9.17, 15) is 9.18 Å². The molecule has 0 bridgehead atoms. The van der Waals surface area contributed by atoms with Crippen LogP contribution in [-0.4, -0.2) is 73.6 Å². The summed E-state index contributed by atoms with van der Waals surface area (Å²) in [5.41, 5.74) is 4.99. The standard InChI is InChI=1S/C27H27N9O2.C4H7F.C2H6/c1-17-12-19(4-8-24(17)38-20-5-7-23-22(13-20)32-33-34(23)3)30-27-26-21(28-15-29-27)6-9-25(31-26)35-10-11-36(16-37)18(2)14-35;1-2-3-4-5;1-2/h4-9,12-13,15-16,18H,10-11,14H2,1-3H3,(H,28,29,30);2-3H,4H2,1H3;1-2H3/b;3-2+;/t18-;;/m1../s1. The summed E-state index contributed by atoms with van der Waals surface area (Å²) in [5, 5.41) is 11.6. The van der Waals surface area contributed by atoms with Crippen LogP contribution in [0.3, 0.4) is 0 Å². The van der Waals surface area contributed by atoms with Gasteiger partial charge in [-0.15, -0.1) is 5.10 Å². The Bertz CT molecular complexity index is 1760. The molecule has 0 unspecified atom stereocenters. The topological polar surface area (TPSA) is 114 Å². The van der Waals surface area contributed by atoms with E-state index in [1.165, 1.54) is 12.4 Å². The molecule has 1 saturated heterocycles. The maximum Gasteiger partial charge on any atom is 0.210 e. The number of hydrogen-bond acceptors (Lipinski definition) is 9. The summed E-state index contributed by atoms with van der Waals surface area (Å²) in [7, 11) is 1.86. The number of ether oxygens (including phenoxy) is 1. The largest absolute Gasteiger partial charge is 0.457 e. The van der Waals surface area contributed by atoms with Crippen LogP contribution in [0.2, 0.25) is 0 Å². The zero-order valence-electron chi connectivity index (χ0n) is 26.6. The first kappa shape index (κ1) is 32.8. The van der Waals surface area contributed by atoms with E-state index in [2.05, 4.69) is 30.5 Å². The van der Waals surface area contributed by atoms with Gasteiger partial charge in [0, 0.05) is 44.5 Å². The summed E-state index contributed by atoms with van der Waals surface area (Å²) in [4.78, 5) is 29.0. The highest BCUT2D eigenvalue weighted by atomic mass is 19.1. The molecule has 1 N–H and O–H groups in total. The number of hydrogen-bond donors (Lipinski definition) is 1. The molecule has 0 saturated carbocycles. The lowest BCUT2D eigenvalue weighted by Crippen LogP contribution is -2.51. The Balaban J connectivity index is 0.000000602. The number of nitrogens with zero attached hydrogens (tertiary/aromatic N) is 8. The third-order valence-corrected chi connectivity index (χ3v) is 7.18. The molecule has 1 fully saturated rings. The Morgan fingerprint density at radius 3 is 2.58 bits per heavy atom. The minimum absolute atomic E-state index is 0.120. The minimum atomic E-state index is -0.337. The summed E-state index contributed by atoms with van der Waals surface area (Å²) in [5.74, 6) is 2.91. The predicted octanol–water partition coefficient (Wildman–Crippen LogP) is 6.38. The van der Waals surface area contributed by atoms with E-state index in [1.807, 2.05) is 88.2 Å². The zero-order valence-corrected chi connectivity index (χ0v) is 26.6. The van der Waals surface area contributed by atoms with Gasteiger partial charge in [-0.1, -0.05) is 31.2 Å². The minimum Gasteiger partial charge on any atom is -0.457 e. The van der Waals surface area contributed by atoms with Gasteiger partial charge in [0.25, 0.3) is 0 Å². The van der Waals surface area contributed by atoms with Crippen molar-refractivity contribution in [2.75, 3.05) is 36.5 Å². The lowest BCUT2D eigenvalue weighted by molar-refractivity contribution is -0.120. The maximum absolute atomic E-state index is 11.2. The monoisotopic (exact) mass is 613 g/mol. The van der Waals surface area contributed by atoms with Crippen molar-refractivity contribution in [2.45, 2.75) is 40.7 Å². The van der Waals surface area contributed by atoms with Crippen LogP contribution >= 0.6 is 0 Å². The van der Waals surface area contributed by atoms with Crippen molar-refractivity contribution in [1.29, 1.82) is 0 Å². The van der Waals surface area contributed by atoms with Gasteiger partial charge in [-0.3, -0.25) is 4.79 Å². The van der Waals surface area contributed by atoms with Crippen molar-refractivity contribution < 1.29 is 13.9 Å². The Hall–Kier alpha value is -5.13. The Morgan fingerprint density at radius 1 is 1.07 bits per heavy atom. The number of aryl methyl sites for hydroxylation is 2. The van der Waals surface area contributed by atoms with Gasteiger partial charge in [-0.05, 0) is 68.8 Å². The second-order valence-electron chi connectivity index (χ2n) is 10.2. The quantitative estimate of drug-likeness (QED) is 0.165. The number of aromatic nitrogens is 6. The van der Waals surface area contributed by atoms with Crippen LogP contribution in [0, 0.1) is 6.92 Å². The first-order valence-electron chi connectivity index (χ1n) is 15.0. The van der Waals surface area contributed by atoms with E-state index in [1.54, 1.807) is 17.7 Å². The van der Waals surface area contributed by atoms with Crippen LogP contribution in [0.15, 0.2) is 67.0 Å². The summed E-state index contributed by atoms with van der Waals surface area (Å²) >= 11 is 0. The van der Waals surface area contributed by atoms with Crippen LogP contribution in [0.4, 0.5) is 21.7 Å². The number of carbonyl (C=O) groups excluding carboxylic acids is 1. The van der Waals surface area contributed by atoms with E-state index in [0.717, 1.165) is 58.9 Å². The number of carbonyl (C=O) groups is 1.